The first-order chi connectivity index (χ1) is 9.72. The van der Waals surface area contributed by atoms with Gasteiger partial charge in [-0.2, -0.15) is 0 Å². The lowest BCUT2D eigenvalue weighted by atomic mass is 9.73. The molecule has 1 atom stereocenters. The lowest BCUT2D eigenvalue weighted by Crippen LogP contribution is -2.58. The molecule has 3 rings (SSSR count). The molecule has 1 N–H and O–H groups in total. The van der Waals surface area contributed by atoms with Crippen molar-refractivity contribution in [1.29, 1.82) is 0 Å². The highest BCUT2D eigenvalue weighted by atomic mass is 16.2. The van der Waals surface area contributed by atoms with Crippen LogP contribution < -0.4 is 5.32 Å². The first kappa shape index (κ1) is 13.2. The number of amides is 2. The molecule has 2 saturated heterocycles. The van der Waals surface area contributed by atoms with Crippen LogP contribution in [0.2, 0.25) is 0 Å². The van der Waals surface area contributed by atoms with Gasteiger partial charge in [0.1, 0.15) is 5.41 Å². The van der Waals surface area contributed by atoms with Gasteiger partial charge in [-0.3, -0.25) is 9.59 Å². The third-order valence-electron chi connectivity index (χ3n) is 4.44. The summed E-state index contributed by atoms with van der Waals surface area (Å²) in [5.41, 5.74) is 0.333. The predicted octanol–water partition coefficient (Wildman–Crippen LogP) is 1.71. The molecule has 0 radical (unpaired) electrons. The maximum atomic E-state index is 12.8. The average Bonchev–Trinajstić information content (AvgIpc) is 2.48. The molecule has 1 aromatic carbocycles. The zero-order valence-electron chi connectivity index (χ0n) is 11.6. The molecule has 0 saturated carbocycles. The molecule has 0 bridgehead atoms. The van der Waals surface area contributed by atoms with Crippen LogP contribution in [0.1, 0.15) is 31.2 Å². The zero-order valence-corrected chi connectivity index (χ0v) is 11.6. The topological polar surface area (TPSA) is 49.4 Å². The fourth-order valence-electron chi connectivity index (χ4n) is 3.35. The van der Waals surface area contributed by atoms with E-state index in [1.54, 1.807) is 0 Å². The van der Waals surface area contributed by atoms with Gasteiger partial charge in [0.05, 0.1) is 0 Å². The number of nitrogens with zero attached hydrogens (tertiary/aromatic N) is 1. The van der Waals surface area contributed by atoms with E-state index in [2.05, 4.69) is 5.32 Å². The Morgan fingerprint density at radius 1 is 1.10 bits per heavy atom. The molecule has 0 aliphatic carbocycles. The molecular weight excluding hydrogens is 252 g/mol. The summed E-state index contributed by atoms with van der Waals surface area (Å²) in [6.45, 7) is 2.06. The summed E-state index contributed by atoms with van der Waals surface area (Å²) < 4.78 is 0. The zero-order chi connectivity index (χ0) is 14.0. The first-order valence-electron chi connectivity index (χ1n) is 7.34. The van der Waals surface area contributed by atoms with Gasteiger partial charge in [0, 0.05) is 19.6 Å². The van der Waals surface area contributed by atoms with E-state index in [1.165, 1.54) is 0 Å². The van der Waals surface area contributed by atoms with Crippen molar-refractivity contribution in [3.63, 3.8) is 0 Å². The minimum absolute atomic E-state index is 0.0183. The van der Waals surface area contributed by atoms with E-state index in [0.717, 1.165) is 24.9 Å². The smallest absolute Gasteiger partial charge is 0.238 e. The molecule has 20 heavy (non-hydrogen) atoms. The van der Waals surface area contributed by atoms with Gasteiger partial charge in [-0.05, 0) is 31.2 Å². The summed E-state index contributed by atoms with van der Waals surface area (Å²) in [6.07, 6.45) is 3.20. The van der Waals surface area contributed by atoms with Crippen LogP contribution in [0.4, 0.5) is 0 Å². The van der Waals surface area contributed by atoms with Crippen LogP contribution in [-0.4, -0.2) is 29.8 Å². The van der Waals surface area contributed by atoms with Gasteiger partial charge in [0.2, 0.25) is 11.8 Å². The Bertz CT molecular complexity index is 510. The van der Waals surface area contributed by atoms with E-state index in [9.17, 15) is 9.59 Å². The van der Waals surface area contributed by atoms with Crippen molar-refractivity contribution in [3.05, 3.63) is 35.9 Å². The lowest BCUT2D eigenvalue weighted by molar-refractivity contribution is -0.157. The molecule has 2 aliphatic rings. The first-order valence-corrected chi connectivity index (χ1v) is 7.34. The number of carbonyl (C=O) groups excluding carboxylic acids is 2. The van der Waals surface area contributed by atoms with E-state index in [0.29, 0.717) is 25.9 Å². The summed E-state index contributed by atoms with van der Waals surface area (Å²) >= 11 is 0. The van der Waals surface area contributed by atoms with E-state index in [4.69, 9.17) is 0 Å². The van der Waals surface area contributed by atoms with Gasteiger partial charge in [-0.1, -0.05) is 30.3 Å². The minimum atomic E-state index is -0.786. The van der Waals surface area contributed by atoms with E-state index in [1.807, 2.05) is 35.2 Å². The molecule has 4 nitrogen and oxygen atoms in total. The molecule has 0 aromatic heterocycles. The summed E-state index contributed by atoms with van der Waals surface area (Å²) in [5.74, 6) is -0.0451. The van der Waals surface area contributed by atoms with Crippen LogP contribution in [0.5, 0.6) is 0 Å². The van der Waals surface area contributed by atoms with E-state index >= 15 is 0 Å². The summed E-state index contributed by atoms with van der Waals surface area (Å²) in [6, 6.07) is 9.97. The second kappa shape index (κ2) is 5.27. The van der Waals surface area contributed by atoms with Crippen molar-refractivity contribution in [3.8, 4) is 0 Å². The van der Waals surface area contributed by atoms with Crippen molar-refractivity contribution >= 4 is 11.8 Å². The number of nitrogens with one attached hydrogen (secondary N) is 1. The van der Waals surface area contributed by atoms with Crippen LogP contribution in [0.15, 0.2) is 30.3 Å². The Balaban J connectivity index is 1.80. The summed E-state index contributed by atoms with van der Waals surface area (Å²) in [4.78, 5) is 26.9. The fraction of sp³-hybridized carbons (Fsp3) is 0.500. The predicted molar refractivity (Wildman–Crippen MR) is 75.8 cm³/mol. The maximum Gasteiger partial charge on any atom is 0.238 e. The maximum absolute atomic E-state index is 12.8. The Kier molecular flexibility index (Phi) is 3.47. The quantitative estimate of drug-likeness (QED) is 0.833. The van der Waals surface area contributed by atoms with Crippen molar-refractivity contribution < 1.29 is 9.59 Å². The molecule has 0 unspecified atom stereocenters. The number of likely N-dealkylation sites (tertiary alicyclic amines) is 1. The van der Waals surface area contributed by atoms with Gasteiger partial charge in [0.25, 0.3) is 0 Å². The molecule has 1 spiro atoms. The van der Waals surface area contributed by atoms with Crippen LogP contribution in [0, 0.1) is 5.41 Å². The molecule has 2 heterocycles. The molecule has 106 valence electrons. The van der Waals surface area contributed by atoms with Gasteiger partial charge >= 0.3 is 0 Å². The minimum Gasteiger partial charge on any atom is -0.355 e. The summed E-state index contributed by atoms with van der Waals surface area (Å²) in [7, 11) is 0. The van der Waals surface area contributed by atoms with Crippen LogP contribution >= 0.6 is 0 Å². The number of hydrogen-bond acceptors (Lipinski definition) is 2. The third kappa shape index (κ3) is 2.19. The highest BCUT2D eigenvalue weighted by Gasteiger charge is 2.50. The number of hydrogen-bond donors (Lipinski definition) is 1. The Hall–Kier alpha value is -1.84. The van der Waals surface area contributed by atoms with E-state index in [-0.39, 0.29) is 11.8 Å². The average molecular weight is 272 g/mol. The number of carbonyl (C=O) groups is 2. The standard InChI is InChI=1S/C16H20N2O2/c19-14-16(8-4-10-17-14)9-5-11-18(15(16)20)12-13-6-2-1-3-7-13/h1-3,6-7H,4-5,8-12H2,(H,17,19)/t16-/m1/s1. The monoisotopic (exact) mass is 272 g/mol. The van der Waals surface area contributed by atoms with Gasteiger partial charge in [-0.25, -0.2) is 0 Å². The van der Waals surface area contributed by atoms with Gasteiger partial charge in [-0.15, -0.1) is 0 Å². The third-order valence-corrected chi connectivity index (χ3v) is 4.44. The molecule has 2 amide bonds. The Morgan fingerprint density at radius 3 is 2.60 bits per heavy atom. The molecular formula is C16H20N2O2. The van der Waals surface area contributed by atoms with Crippen molar-refractivity contribution in [2.45, 2.75) is 32.2 Å². The fourth-order valence-corrected chi connectivity index (χ4v) is 3.35. The summed E-state index contributed by atoms with van der Waals surface area (Å²) in [5, 5.41) is 2.87. The molecule has 4 heteroatoms. The van der Waals surface area contributed by atoms with Crippen LogP contribution in [-0.2, 0) is 16.1 Å². The highest BCUT2D eigenvalue weighted by Crippen LogP contribution is 2.38. The van der Waals surface area contributed by atoms with Crippen LogP contribution in [0.3, 0.4) is 0 Å². The SMILES string of the molecule is O=C1NCCC[C@@]12CCCN(Cc1ccccc1)C2=O. The number of piperidine rings is 2. The lowest BCUT2D eigenvalue weighted by Gasteiger charge is -2.42. The Labute approximate surface area is 119 Å². The van der Waals surface area contributed by atoms with Crippen molar-refractivity contribution in [2.75, 3.05) is 13.1 Å². The normalized spacial score (nSPS) is 26.7. The largest absolute Gasteiger partial charge is 0.355 e. The van der Waals surface area contributed by atoms with E-state index < -0.39 is 5.41 Å². The van der Waals surface area contributed by atoms with Crippen molar-refractivity contribution in [2.24, 2.45) is 5.41 Å². The van der Waals surface area contributed by atoms with Crippen molar-refractivity contribution in [1.82, 2.24) is 10.2 Å². The molecule has 2 fully saturated rings. The molecule has 1 aromatic rings. The molecule has 2 aliphatic heterocycles. The second-order valence-electron chi connectivity index (χ2n) is 5.76. The Morgan fingerprint density at radius 2 is 1.85 bits per heavy atom. The van der Waals surface area contributed by atoms with Gasteiger partial charge in [0.15, 0.2) is 0 Å². The van der Waals surface area contributed by atoms with Gasteiger partial charge < -0.3 is 10.2 Å². The van der Waals surface area contributed by atoms with Crippen LogP contribution in [0.25, 0.3) is 0 Å². The number of benzene rings is 1. The second-order valence-corrected chi connectivity index (χ2v) is 5.76. The number of rotatable bonds is 2. The highest BCUT2D eigenvalue weighted by molar-refractivity contribution is 6.05.